The number of carbonyl (C=O) groups is 1. The fourth-order valence-corrected chi connectivity index (χ4v) is 3.74. The minimum Gasteiger partial charge on any atom is -0.354 e. The van der Waals surface area contributed by atoms with Gasteiger partial charge in [0.15, 0.2) is 5.78 Å². The van der Waals surface area contributed by atoms with Crippen molar-refractivity contribution in [1.82, 2.24) is 35.5 Å². The summed E-state index contributed by atoms with van der Waals surface area (Å²) in [7, 11) is 1.83. The average molecular weight is 414 g/mol. The van der Waals surface area contributed by atoms with Crippen LogP contribution in [0.25, 0.3) is 22.2 Å². The minimum absolute atomic E-state index is 0.00230. The van der Waals surface area contributed by atoms with E-state index in [1.807, 2.05) is 43.6 Å². The van der Waals surface area contributed by atoms with E-state index in [-0.39, 0.29) is 12.2 Å². The van der Waals surface area contributed by atoms with Crippen LogP contribution < -0.4 is 10.2 Å². The van der Waals surface area contributed by atoms with Crippen LogP contribution in [-0.2, 0) is 13.5 Å². The summed E-state index contributed by atoms with van der Waals surface area (Å²) >= 11 is 0. The van der Waals surface area contributed by atoms with Gasteiger partial charge in [-0.25, -0.2) is 4.98 Å². The highest BCUT2D eigenvalue weighted by Gasteiger charge is 2.15. The third-order valence-electron chi connectivity index (χ3n) is 5.38. The first-order valence-electron chi connectivity index (χ1n) is 10.2. The molecule has 4 aromatic rings. The van der Waals surface area contributed by atoms with Gasteiger partial charge in [-0.1, -0.05) is 11.3 Å². The molecule has 0 bridgehead atoms. The van der Waals surface area contributed by atoms with Crippen LogP contribution in [0.15, 0.2) is 48.8 Å². The third-order valence-corrected chi connectivity index (χ3v) is 5.38. The lowest BCUT2D eigenvalue weighted by molar-refractivity contribution is 0.0991. The number of benzene rings is 1. The van der Waals surface area contributed by atoms with E-state index in [9.17, 15) is 4.79 Å². The molecule has 1 aromatic carbocycles. The molecule has 0 unspecified atom stereocenters. The Morgan fingerprint density at radius 3 is 2.74 bits per heavy atom. The number of hydrogen-bond acceptors (Lipinski definition) is 8. The van der Waals surface area contributed by atoms with E-state index >= 15 is 0 Å². The van der Waals surface area contributed by atoms with Crippen LogP contribution in [0, 0.1) is 0 Å². The molecule has 9 heteroatoms. The summed E-state index contributed by atoms with van der Waals surface area (Å²) in [5.74, 6) is 0.836. The van der Waals surface area contributed by atoms with Gasteiger partial charge in [0.25, 0.3) is 0 Å². The fraction of sp³-hybridized carbons (Fsp3) is 0.273. The van der Waals surface area contributed by atoms with Crippen molar-refractivity contribution >= 4 is 22.5 Å². The molecule has 1 fully saturated rings. The molecule has 0 atom stereocenters. The van der Waals surface area contributed by atoms with Gasteiger partial charge in [0.1, 0.15) is 11.5 Å². The van der Waals surface area contributed by atoms with Crippen molar-refractivity contribution in [1.29, 1.82) is 0 Å². The van der Waals surface area contributed by atoms with E-state index in [1.165, 1.54) is 0 Å². The van der Waals surface area contributed by atoms with Gasteiger partial charge in [-0.3, -0.25) is 9.48 Å². The number of nitrogens with one attached hydrogen (secondary N) is 1. The third kappa shape index (κ3) is 4.13. The molecular formula is C22H22N8O. The standard InChI is InChI=1S/C22H22N8O/c1-29-14-20(27-28-29)15-2-3-19-17(10-15)11-18(25-26-19)13-21(31)16-4-5-24-22(12-16)30-8-6-23-7-9-30/h2-5,10-12,14,23H,6-9,13H2,1H3. The zero-order valence-electron chi connectivity index (χ0n) is 17.2. The summed E-state index contributed by atoms with van der Waals surface area (Å²) in [5.41, 5.74) is 3.78. The first-order chi connectivity index (χ1) is 15.2. The molecule has 156 valence electrons. The Labute approximate surface area is 179 Å². The molecule has 0 amide bonds. The number of aryl methyl sites for hydroxylation is 1. The second kappa shape index (κ2) is 8.19. The van der Waals surface area contributed by atoms with Crippen LogP contribution in [0.1, 0.15) is 16.1 Å². The fourth-order valence-electron chi connectivity index (χ4n) is 3.74. The van der Waals surface area contributed by atoms with Crippen LogP contribution in [0.3, 0.4) is 0 Å². The number of nitrogens with zero attached hydrogens (tertiary/aromatic N) is 7. The number of anilines is 1. The van der Waals surface area contributed by atoms with Gasteiger partial charge in [-0.2, -0.15) is 10.2 Å². The molecule has 4 heterocycles. The van der Waals surface area contributed by atoms with Gasteiger partial charge >= 0.3 is 0 Å². The minimum atomic E-state index is -0.00230. The second-order valence-electron chi connectivity index (χ2n) is 7.63. The zero-order valence-corrected chi connectivity index (χ0v) is 17.2. The van der Waals surface area contributed by atoms with Gasteiger partial charge in [0.05, 0.1) is 23.8 Å². The molecule has 1 N–H and O–H groups in total. The molecule has 0 saturated carbocycles. The molecule has 1 saturated heterocycles. The van der Waals surface area contributed by atoms with Gasteiger partial charge < -0.3 is 10.2 Å². The van der Waals surface area contributed by atoms with Crippen LogP contribution >= 0.6 is 0 Å². The van der Waals surface area contributed by atoms with Gasteiger partial charge in [0.2, 0.25) is 0 Å². The van der Waals surface area contributed by atoms with Crippen molar-refractivity contribution in [2.24, 2.45) is 7.05 Å². The molecule has 0 aliphatic carbocycles. The molecule has 1 aliphatic heterocycles. The van der Waals surface area contributed by atoms with E-state index in [2.05, 4.69) is 35.7 Å². The number of ketones is 1. The molecule has 3 aromatic heterocycles. The Balaban J connectivity index is 1.37. The lowest BCUT2D eigenvalue weighted by Gasteiger charge is -2.28. The Kier molecular flexibility index (Phi) is 5.09. The van der Waals surface area contributed by atoms with E-state index < -0.39 is 0 Å². The van der Waals surface area contributed by atoms with E-state index in [0.717, 1.165) is 54.2 Å². The largest absolute Gasteiger partial charge is 0.354 e. The summed E-state index contributed by atoms with van der Waals surface area (Å²) in [6, 6.07) is 11.4. The first kappa shape index (κ1) is 19.3. The predicted octanol–water partition coefficient (Wildman–Crippen LogP) is 1.66. The quantitative estimate of drug-likeness (QED) is 0.492. The van der Waals surface area contributed by atoms with E-state index in [1.54, 1.807) is 16.9 Å². The number of aromatic nitrogens is 6. The van der Waals surface area contributed by atoms with Crippen LogP contribution in [0.2, 0.25) is 0 Å². The highest BCUT2D eigenvalue weighted by molar-refractivity contribution is 5.98. The maximum atomic E-state index is 12.9. The number of carbonyl (C=O) groups excluding carboxylic acids is 1. The lowest BCUT2D eigenvalue weighted by atomic mass is 10.0. The number of Topliss-reactive ketones (excluding diaryl/α,β-unsaturated/α-hetero) is 1. The Morgan fingerprint density at radius 1 is 1.06 bits per heavy atom. The maximum Gasteiger partial charge on any atom is 0.169 e. The normalized spacial score (nSPS) is 14.2. The average Bonchev–Trinajstić information content (AvgIpc) is 3.25. The highest BCUT2D eigenvalue weighted by atomic mass is 16.1. The Morgan fingerprint density at radius 2 is 1.94 bits per heavy atom. The van der Waals surface area contributed by atoms with Crippen molar-refractivity contribution in [3.05, 3.63) is 60.0 Å². The van der Waals surface area contributed by atoms with Gasteiger partial charge in [-0.05, 0) is 30.3 Å². The number of fused-ring (bicyclic) bond motifs is 1. The molecule has 0 spiro atoms. The van der Waals surface area contributed by atoms with Crippen molar-refractivity contribution in [3.63, 3.8) is 0 Å². The summed E-state index contributed by atoms with van der Waals surface area (Å²) in [6.07, 6.45) is 3.74. The van der Waals surface area contributed by atoms with Gasteiger partial charge in [0, 0.05) is 55.9 Å². The summed E-state index contributed by atoms with van der Waals surface area (Å²) in [6.45, 7) is 3.61. The van der Waals surface area contributed by atoms with Gasteiger partial charge in [-0.15, -0.1) is 5.10 Å². The number of rotatable bonds is 5. The molecule has 31 heavy (non-hydrogen) atoms. The molecule has 9 nitrogen and oxygen atoms in total. The molecule has 0 radical (unpaired) electrons. The summed E-state index contributed by atoms with van der Waals surface area (Å²) in [5, 5.41) is 20.9. The molecule has 1 aliphatic rings. The number of pyridine rings is 1. The van der Waals surface area contributed by atoms with Crippen LogP contribution in [0.4, 0.5) is 5.82 Å². The lowest BCUT2D eigenvalue weighted by Crippen LogP contribution is -2.43. The highest BCUT2D eigenvalue weighted by Crippen LogP contribution is 2.22. The second-order valence-corrected chi connectivity index (χ2v) is 7.63. The maximum absolute atomic E-state index is 12.9. The molecule has 5 rings (SSSR count). The van der Waals surface area contributed by atoms with Crippen molar-refractivity contribution < 1.29 is 4.79 Å². The monoisotopic (exact) mass is 414 g/mol. The van der Waals surface area contributed by atoms with E-state index in [4.69, 9.17) is 0 Å². The van der Waals surface area contributed by atoms with E-state index in [0.29, 0.717) is 11.3 Å². The number of hydrogen-bond donors (Lipinski definition) is 1. The Hall–Kier alpha value is -3.72. The number of piperazine rings is 1. The van der Waals surface area contributed by atoms with Crippen molar-refractivity contribution in [3.8, 4) is 11.3 Å². The van der Waals surface area contributed by atoms with Crippen LogP contribution in [-0.4, -0.2) is 62.1 Å². The Bertz CT molecular complexity index is 1250. The predicted molar refractivity (Wildman–Crippen MR) is 117 cm³/mol. The zero-order chi connectivity index (χ0) is 21.2. The first-order valence-corrected chi connectivity index (χ1v) is 10.2. The summed E-state index contributed by atoms with van der Waals surface area (Å²) < 4.78 is 1.66. The van der Waals surface area contributed by atoms with Crippen LogP contribution in [0.5, 0.6) is 0 Å². The smallest absolute Gasteiger partial charge is 0.169 e. The van der Waals surface area contributed by atoms with Crippen molar-refractivity contribution in [2.45, 2.75) is 6.42 Å². The molecular weight excluding hydrogens is 392 g/mol. The topological polar surface area (TPSA) is 102 Å². The SMILES string of the molecule is Cn1cc(-c2ccc3nnc(CC(=O)c4ccnc(N5CCNCC5)c4)cc3c2)nn1. The summed E-state index contributed by atoms with van der Waals surface area (Å²) in [4.78, 5) is 19.6. The van der Waals surface area contributed by atoms with Crippen molar-refractivity contribution in [2.75, 3.05) is 31.1 Å².